The Hall–Kier alpha value is -0.510. The van der Waals surface area contributed by atoms with Gasteiger partial charge in [-0.25, -0.2) is 0 Å². The molecule has 1 aromatic carbocycles. The van der Waals surface area contributed by atoms with E-state index in [4.69, 9.17) is 0 Å². The summed E-state index contributed by atoms with van der Waals surface area (Å²) >= 11 is 1.90. The zero-order valence-corrected chi connectivity index (χ0v) is 13.3. The van der Waals surface area contributed by atoms with Gasteiger partial charge in [-0.2, -0.15) is 0 Å². The van der Waals surface area contributed by atoms with E-state index >= 15 is 0 Å². The lowest BCUT2D eigenvalue weighted by Crippen LogP contribution is -2.26. The van der Waals surface area contributed by atoms with Gasteiger partial charge in [-0.05, 0) is 50.1 Å². The van der Waals surface area contributed by atoms with E-state index in [9.17, 15) is 5.11 Å². The summed E-state index contributed by atoms with van der Waals surface area (Å²) < 4.78 is 0. The van der Waals surface area contributed by atoms with Crippen molar-refractivity contribution in [1.82, 2.24) is 5.32 Å². The third-order valence-corrected chi connectivity index (χ3v) is 4.17. The zero-order valence-electron chi connectivity index (χ0n) is 12.5. The molecule has 0 aliphatic heterocycles. The number of nitrogens with one attached hydrogen (secondary N) is 1. The van der Waals surface area contributed by atoms with Gasteiger partial charge in [-0.3, -0.25) is 0 Å². The molecule has 3 atom stereocenters. The van der Waals surface area contributed by atoms with Crippen LogP contribution in [-0.2, 0) is 0 Å². The van der Waals surface area contributed by atoms with Gasteiger partial charge in [0.05, 0.1) is 6.10 Å². The van der Waals surface area contributed by atoms with Crippen LogP contribution in [0.1, 0.15) is 45.7 Å². The van der Waals surface area contributed by atoms with Crippen molar-refractivity contribution in [1.29, 1.82) is 0 Å². The van der Waals surface area contributed by atoms with Gasteiger partial charge in [0.25, 0.3) is 0 Å². The average molecular weight is 281 g/mol. The zero-order chi connectivity index (χ0) is 14.3. The molecule has 2 nitrogen and oxygen atoms in total. The molecule has 0 saturated carbocycles. The van der Waals surface area contributed by atoms with Crippen LogP contribution in [0, 0.1) is 5.92 Å². The summed E-state index contributed by atoms with van der Waals surface area (Å²) in [4.78, 5) is 1.37. The Kier molecular flexibility index (Phi) is 7.51. The molecule has 0 aliphatic rings. The highest BCUT2D eigenvalue weighted by Gasteiger charge is 2.12. The summed E-state index contributed by atoms with van der Waals surface area (Å²) in [5, 5.41) is 13.0. The number of benzene rings is 1. The first kappa shape index (κ1) is 16.5. The van der Waals surface area contributed by atoms with E-state index < -0.39 is 0 Å². The summed E-state index contributed by atoms with van der Waals surface area (Å²) in [7, 11) is 0. The second kappa shape index (κ2) is 8.62. The van der Waals surface area contributed by atoms with Crippen LogP contribution in [0.5, 0.6) is 0 Å². The molecule has 3 unspecified atom stereocenters. The maximum absolute atomic E-state index is 9.39. The molecule has 108 valence electrons. The quantitative estimate of drug-likeness (QED) is 0.710. The van der Waals surface area contributed by atoms with Gasteiger partial charge in [0.15, 0.2) is 0 Å². The number of aliphatic hydroxyl groups excluding tert-OH is 1. The summed E-state index contributed by atoms with van der Waals surface area (Å²) in [6.07, 6.45) is 0.639. The molecular formula is C16H27NOS. The summed E-state index contributed by atoms with van der Waals surface area (Å²) in [5.74, 6) is 1.59. The van der Waals surface area contributed by atoms with Crippen molar-refractivity contribution >= 4 is 11.8 Å². The molecule has 0 radical (unpaired) electrons. The minimum absolute atomic E-state index is 0.213. The lowest BCUT2D eigenvalue weighted by molar-refractivity contribution is 0.162. The fraction of sp³-hybridized carbons (Fsp3) is 0.625. The van der Waals surface area contributed by atoms with Crippen LogP contribution in [0.15, 0.2) is 29.2 Å². The second-order valence-corrected chi connectivity index (χ2v) is 6.60. The summed E-state index contributed by atoms with van der Waals surface area (Å²) in [5.41, 5.74) is 1.37. The average Bonchev–Trinajstić information content (AvgIpc) is 2.36. The molecule has 0 fully saturated rings. The van der Waals surface area contributed by atoms with Crippen LogP contribution in [0.4, 0.5) is 0 Å². The van der Waals surface area contributed by atoms with Gasteiger partial charge in [-0.15, -0.1) is 11.8 Å². The van der Waals surface area contributed by atoms with Gasteiger partial charge in [-0.1, -0.05) is 32.0 Å². The Morgan fingerprint density at radius 3 is 2.53 bits per heavy atom. The van der Waals surface area contributed by atoms with Gasteiger partial charge in [0, 0.05) is 10.9 Å². The van der Waals surface area contributed by atoms with Gasteiger partial charge in [0.2, 0.25) is 0 Å². The van der Waals surface area contributed by atoms with Crippen molar-refractivity contribution in [3.05, 3.63) is 29.8 Å². The molecule has 0 heterocycles. The minimum atomic E-state index is -0.213. The van der Waals surface area contributed by atoms with E-state index in [0.717, 1.165) is 18.7 Å². The maximum atomic E-state index is 9.39. The van der Waals surface area contributed by atoms with Crippen LogP contribution < -0.4 is 5.32 Å². The number of aliphatic hydroxyl groups is 1. The smallest absolute Gasteiger partial charge is 0.0515 e. The van der Waals surface area contributed by atoms with Gasteiger partial charge >= 0.3 is 0 Å². The van der Waals surface area contributed by atoms with Crippen molar-refractivity contribution in [2.24, 2.45) is 5.92 Å². The van der Waals surface area contributed by atoms with Crippen molar-refractivity contribution in [2.45, 2.75) is 51.2 Å². The highest BCUT2D eigenvalue weighted by molar-refractivity contribution is 7.99. The lowest BCUT2D eigenvalue weighted by Gasteiger charge is -2.21. The number of rotatable bonds is 8. The Bertz CT molecular complexity index is 368. The van der Waals surface area contributed by atoms with E-state index in [1.807, 2.05) is 18.7 Å². The van der Waals surface area contributed by atoms with Crippen molar-refractivity contribution in [3.8, 4) is 0 Å². The molecule has 1 aromatic rings. The van der Waals surface area contributed by atoms with E-state index in [1.54, 1.807) is 0 Å². The molecule has 0 aromatic heterocycles. The van der Waals surface area contributed by atoms with Crippen molar-refractivity contribution < 1.29 is 5.11 Å². The first-order chi connectivity index (χ1) is 9.04. The summed E-state index contributed by atoms with van der Waals surface area (Å²) in [6, 6.07) is 8.96. The molecule has 0 spiro atoms. The van der Waals surface area contributed by atoms with Gasteiger partial charge < -0.3 is 10.4 Å². The minimum Gasteiger partial charge on any atom is -0.393 e. The Labute approximate surface area is 122 Å². The topological polar surface area (TPSA) is 32.3 Å². The molecule has 0 saturated heterocycles. The molecule has 0 bridgehead atoms. The highest BCUT2D eigenvalue weighted by atomic mass is 32.2. The molecule has 2 N–H and O–H groups in total. The van der Waals surface area contributed by atoms with E-state index in [1.165, 1.54) is 10.5 Å². The largest absolute Gasteiger partial charge is 0.393 e. The van der Waals surface area contributed by atoms with Crippen LogP contribution in [0.3, 0.4) is 0 Å². The third kappa shape index (κ3) is 5.98. The summed E-state index contributed by atoms with van der Waals surface area (Å²) in [6.45, 7) is 9.37. The van der Waals surface area contributed by atoms with E-state index in [-0.39, 0.29) is 6.10 Å². The monoisotopic (exact) mass is 281 g/mol. The molecule has 0 aliphatic carbocycles. The first-order valence-electron chi connectivity index (χ1n) is 7.17. The Morgan fingerprint density at radius 2 is 1.89 bits per heavy atom. The fourth-order valence-corrected chi connectivity index (χ4v) is 3.18. The van der Waals surface area contributed by atoms with E-state index in [0.29, 0.717) is 12.0 Å². The maximum Gasteiger partial charge on any atom is 0.0515 e. The SMILES string of the molecule is CCSc1ccccc1C(C)NCC(C)CC(C)O. The van der Waals surface area contributed by atoms with Crippen LogP contribution in [-0.4, -0.2) is 23.5 Å². The third-order valence-electron chi connectivity index (χ3n) is 3.20. The Balaban J connectivity index is 2.55. The van der Waals surface area contributed by atoms with Crippen LogP contribution >= 0.6 is 11.8 Å². The molecular weight excluding hydrogens is 254 g/mol. The second-order valence-electron chi connectivity index (χ2n) is 5.29. The molecule has 1 rings (SSSR count). The normalized spacial score (nSPS) is 16.1. The predicted octanol–water partition coefficient (Wildman–Crippen LogP) is 3.86. The van der Waals surface area contributed by atoms with Crippen LogP contribution in [0.2, 0.25) is 0 Å². The highest BCUT2D eigenvalue weighted by Crippen LogP contribution is 2.27. The number of hydrogen-bond acceptors (Lipinski definition) is 3. The van der Waals surface area contributed by atoms with E-state index in [2.05, 4.69) is 50.4 Å². The molecule has 0 amide bonds. The first-order valence-corrected chi connectivity index (χ1v) is 8.16. The Morgan fingerprint density at radius 1 is 1.21 bits per heavy atom. The number of thioether (sulfide) groups is 1. The van der Waals surface area contributed by atoms with Crippen LogP contribution in [0.25, 0.3) is 0 Å². The number of hydrogen-bond donors (Lipinski definition) is 2. The van der Waals surface area contributed by atoms with Crippen molar-refractivity contribution in [2.75, 3.05) is 12.3 Å². The van der Waals surface area contributed by atoms with Gasteiger partial charge in [0.1, 0.15) is 0 Å². The predicted molar refractivity (Wildman–Crippen MR) is 84.7 cm³/mol. The lowest BCUT2D eigenvalue weighted by atomic mass is 10.0. The molecule has 19 heavy (non-hydrogen) atoms. The van der Waals surface area contributed by atoms with Crippen molar-refractivity contribution in [3.63, 3.8) is 0 Å². The standard InChI is InChI=1S/C16H27NOS/c1-5-19-16-9-7-6-8-15(16)14(4)17-11-12(2)10-13(3)18/h6-9,12-14,17-18H,5,10-11H2,1-4H3. The fourth-order valence-electron chi connectivity index (χ4n) is 2.28. The molecule has 3 heteroatoms.